The number of carboxylic acid groups (broad SMARTS) is 1. The lowest BCUT2D eigenvalue weighted by molar-refractivity contribution is -0.142. The molecule has 1 atom stereocenters. The first-order valence-electron chi connectivity index (χ1n) is 12.5. The third-order valence-corrected chi connectivity index (χ3v) is 7.38. The predicted molar refractivity (Wildman–Crippen MR) is 133 cm³/mol. The summed E-state index contributed by atoms with van der Waals surface area (Å²) in [7, 11) is 0. The lowest BCUT2D eigenvalue weighted by Crippen LogP contribution is -2.48. The molecule has 3 N–H and O–H groups in total. The van der Waals surface area contributed by atoms with E-state index in [1.165, 1.54) is 11.1 Å². The van der Waals surface area contributed by atoms with Gasteiger partial charge in [0, 0.05) is 18.9 Å². The smallest absolute Gasteiger partial charge is 0.407 e. The van der Waals surface area contributed by atoms with Crippen LogP contribution in [0.25, 0.3) is 11.1 Å². The van der Waals surface area contributed by atoms with Crippen molar-refractivity contribution in [2.75, 3.05) is 13.2 Å². The zero-order valence-electron chi connectivity index (χ0n) is 20.2. The standard InChI is InChI=1S/C28H34N2O5/c1-2-3-13-24(26(32)33)30-25(31)16-28(14-8-15-28)18-29-27(34)35-17-23-21-11-6-4-9-19(21)20-10-5-7-12-22(20)23/h4-7,9-12,23-24H,2-3,8,13-18H2,1H3,(H,29,34)(H,30,31)(H,32,33). The number of fused-ring (bicyclic) bond motifs is 3. The molecule has 1 fully saturated rings. The Morgan fingerprint density at radius 2 is 1.69 bits per heavy atom. The van der Waals surface area contributed by atoms with Gasteiger partial charge in [0.1, 0.15) is 12.6 Å². The maximum atomic E-state index is 12.6. The number of hydrogen-bond acceptors (Lipinski definition) is 4. The Balaban J connectivity index is 1.29. The van der Waals surface area contributed by atoms with Crippen LogP contribution in [0.4, 0.5) is 4.79 Å². The summed E-state index contributed by atoms with van der Waals surface area (Å²) in [6.07, 6.45) is 4.35. The molecule has 0 radical (unpaired) electrons. The van der Waals surface area contributed by atoms with E-state index in [0.29, 0.717) is 13.0 Å². The summed E-state index contributed by atoms with van der Waals surface area (Å²) in [4.78, 5) is 36.6. The van der Waals surface area contributed by atoms with E-state index in [-0.39, 0.29) is 30.3 Å². The van der Waals surface area contributed by atoms with Crippen molar-refractivity contribution in [1.82, 2.24) is 10.6 Å². The Kier molecular flexibility index (Phi) is 7.73. The van der Waals surface area contributed by atoms with Gasteiger partial charge in [-0.25, -0.2) is 9.59 Å². The lowest BCUT2D eigenvalue weighted by atomic mass is 9.66. The molecule has 2 aromatic carbocycles. The number of unbranched alkanes of at least 4 members (excludes halogenated alkanes) is 1. The van der Waals surface area contributed by atoms with Crippen molar-refractivity contribution in [1.29, 1.82) is 0 Å². The van der Waals surface area contributed by atoms with Gasteiger partial charge >= 0.3 is 12.1 Å². The van der Waals surface area contributed by atoms with Gasteiger partial charge in [-0.05, 0) is 46.9 Å². The minimum atomic E-state index is -1.01. The fraction of sp³-hybridized carbons (Fsp3) is 0.464. The molecule has 2 amide bonds. The van der Waals surface area contributed by atoms with Crippen molar-refractivity contribution >= 4 is 18.0 Å². The predicted octanol–water partition coefficient (Wildman–Crippen LogP) is 4.85. The summed E-state index contributed by atoms with van der Waals surface area (Å²) in [5.74, 6) is -1.29. The Hall–Kier alpha value is -3.35. The molecule has 2 aliphatic carbocycles. The number of carbonyl (C=O) groups excluding carboxylic acids is 2. The number of rotatable bonds is 11. The average molecular weight is 479 g/mol. The van der Waals surface area contributed by atoms with Gasteiger partial charge < -0.3 is 20.5 Å². The van der Waals surface area contributed by atoms with Gasteiger partial charge in [-0.1, -0.05) is 74.7 Å². The normalized spacial score (nSPS) is 16.4. The maximum Gasteiger partial charge on any atom is 0.407 e. The third-order valence-electron chi connectivity index (χ3n) is 7.38. The number of alkyl carbamates (subject to hydrolysis) is 1. The van der Waals surface area contributed by atoms with Crippen molar-refractivity contribution in [3.63, 3.8) is 0 Å². The quantitative estimate of drug-likeness (QED) is 0.428. The van der Waals surface area contributed by atoms with E-state index in [9.17, 15) is 19.5 Å². The zero-order chi connectivity index (χ0) is 24.8. The van der Waals surface area contributed by atoms with Crippen molar-refractivity contribution in [3.8, 4) is 11.1 Å². The van der Waals surface area contributed by atoms with Crippen LogP contribution in [-0.2, 0) is 14.3 Å². The fourth-order valence-corrected chi connectivity index (χ4v) is 5.25. The molecule has 1 saturated carbocycles. The van der Waals surface area contributed by atoms with E-state index < -0.39 is 18.1 Å². The average Bonchev–Trinajstić information content (AvgIpc) is 3.15. The van der Waals surface area contributed by atoms with Crippen LogP contribution < -0.4 is 10.6 Å². The molecule has 7 nitrogen and oxygen atoms in total. The SMILES string of the molecule is CCCCC(NC(=O)CC1(CNC(=O)OCC2c3ccccc3-c3ccccc32)CCC1)C(=O)O. The second kappa shape index (κ2) is 10.9. The first-order valence-corrected chi connectivity index (χ1v) is 12.5. The molecule has 0 bridgehead atoms. The van der Waals surface area contributed by atoms with E-state index in [2.05, 4.69) is 34.9 Å². The van der Waals surface area contributed by atoms with E-state index in [1.807, 2.05) is 31.2 Å². The number of ether oxygens (including phenoxy) is 1. The number of nitrogens with one attached hydrogen (secondary N) is 2. The van der Waals surface area contributed by atoms with E-state index in [4.69, 9.17) is 4.74 Å². The van der Waals surface area contributed by atoms with Gasteiger partial charge in [0.2, 0.25) is 5.91 Å². The van der Waals surface area contributed by atoms with Crippen LogP contribution in [0.2, 0.25) is 0 Å². The molecule has 1 unspecified atom stereocenters. The molecule has 0 heterocycles. The Morgan fingerprint density at radius 1 is 1.06 bits per heavy atom. The van der Waals surface area contributed by atoms with Crippen LogP contribution in [0.5, 0.6) is 0 Å². The summed E-state index contributed by atoms with van der Waals surface area (Å²) in [6.45, 7) is 2.56. The molecule has 0 spiro atoms. The van der Waals surface area contributed by atoms with Gasteiger partial charge in [0.15, 0.2) is 0 Å². The summed E-state index contributed by atoms with van der Waals surface area (Å²) in [5.41, 5.74) is 4.32. The highest BCUT2D eigenvalue weighted by atomic mass is 16.5. The van der Waals surface area contributed by atoms with Crippen molar-refractivity contribution < 1.29 is 24.2 Å². The Labute approximate surface area is 206 Å². The summed E-state index contributed by atoms with van der Waals surface area (Å²) < 4.78 is 5.62. The monoisotopic (exact) mass is 478 g/mol. The van der Waals surface area contributed by atoms with Gasteiger partial charge in [-0.15, -0.1) is 0 Å². The maximum absolute atomic E-state index is 12.6. The molecular weight excluding hydrogens is 444 g/mol. The van der Waals surface area contributed by atoms with Crippen LogP contribution >= 0.6 is 0 Å². The molecule has 0 aromatic heterocycles. The number of carbonyl (C=O) groups is 3. The van der Waals surface area contributed by atoms with Gasteiger partial charge in [0.05, 0.1) is 0 Å². The third kappa shape index (κ3) is 5.66. The largest absolute Gasteiger partial charge is 0.480 e. The summed E-state index contributed by atoms with van der Waals surface area (Å²) in [6, 6.07) is 15.5. The van der Waals surface area contributed by atoms with Gasteiger partial charge in [-0.3, -0.25) is 4.79 Å². The van der Waals surface area contributed by atoms with Crippen LogP contribution in [-0.4, -0.2) is 42.3 Å². The molecule has 2 aliphatic rings. The molecule has 7 heteroatoms. The van der Waals surface area contributed by atoms with Gasteiger partial charge in [0.25, 0.3) is 0 Å². The second-order valence-corrected chi connectivity index (χ2v) is 9.81. The highest BCUT2D eigenvalue weighted by Crippen LogP contribution is 2.45. The van der Waals surface area contributed by atoms with E-state index in [0.717, 1.165) is 43.2 Å². The molecule has 4 rings (SSSR count). The number of amides is 2. The summed E-state index contributed by atoms with van der Waals surface area (Å²) >= 11 is 0. The number of aliphatic carboxylic acids is 1. The van der Waals surface area contributed by atoms with Crippen molar-refractivity contribution in [2.24, 2.45) is 5.41 Å². The zero-order valence-corrected chi connectivity index (χ0v) is 20.2. The van der Waals surface area contributed by atoms with Crippen molar-refractivity contribution in [2.45, 2.75) is 63.8 Å². The molecule has 2 aromatic rings. The molecule has 0 aliphatic heterocycles. The number of benzene rings is 2. The highest BCUT2D eigenvalue weighted by Gasteiger charge is 2.40. The van der Waals surface area contributed by atoms with E-state index >= 15 is 0 Å². The Morgan fingerprint density at radius 3 is 2.23 bits per heavy atom. The number of carboxylic acids is 1. The lowest BCUT2D eigenvalue weighted by Gasteiger charge is -2.41. The van der Waals surface area contributed by atoms with Crippen molar-refractivity contribution in [3.05, 3.63) is 59.7 Å². The fourth-order valence-electron chi connectivity index (χ4n) is 5.25. The topological polar surface area (TPSA) is 105 Å². The first-order chi connectivity index (χ1) is 16.9. The molecular formula is C28H34N2O5. The first kappa shape index (κ1) is 24.8. The molecule has 35 heavy (non-hydrogen) atoms. The molecule has 186 valence electrons. The van der Waals surface area contributed by atoms with Crippen LogP contribution in [0, 0.1) is 5.41 Å². The molecule has 0 saturated heterocycles. The second-order valence-electron chi connectivity index (χ2n) is 9.81. The Bertz CT molecular complexity index is 1030. The minimum absolute atomic E-state index is 0.00679. The minimum Gasteiger partial charge on any atom is -0.480 e. The van der Waals surface area contributed by atoms with Crippen LogP contribution in [0.1, 0.15) is 68.9 Å². The van der Waals surface area contributed by atoms with Crippen LogP contribution in [0.3, 0.4) is 0 Å². The summed E-state index contributed by atoms with van der Waals surface area (Å²) in [5, 5.41) is 14.9. The highest BCUT2D eigenvalue weighted by molar-refractivity contribution is 5.84. The number of hydrogen-bond donors (Lipinski definition) is 3. The van der Waals surface area contributed by atoms with Gasteiger partial charge in [-0.2, -0.15) is 0 Å². The van der Waals surface area contributed by atoms with Crippen LogP contribution in [0.15, 0.2) is 48.5 Å². The van der Waals surface area contributed by atoms with E-state index in [1.54, 1.807) is 0 Å².